The van der Waals surface area contributed by atoms with Gasteiger partial charge in [0.1, 0.15) is 21.4 Å². The van der Waals surface area contributed by atoms with E-state index in [1.165, 1.54) is 29.7 Å². The van der Waals surface area contributed by atoms with Crippen LogP contribution < -0.4 is 0 Å². The first-order valence-corrected chi connectivity index (χ1v) is 12.2. The van der Waals surface area contributed by atoms with Crippen molar-refractivity contribution in [2.45, 2.75) is 56.8 Å². The third-order valence-corrected chi connectivity index (χ3v) is 8.11. The van der Waals surface area contributed by atoms with Crippen molar-refractivity contribution in [2.24, 2.45) is 7.05 Å². The number of hydrogen-bond donors (Lipinski definition) is 0. The lowest BCUT2D eigenvalue weighted by Gasteiger charge is -2.25. The average Bonchev–Trinajstić information content (AvgIpc) is 3.41. The number of furan rings is 1. The number of aromatic nitrogens is 5. The van der Waals surface area contributed by atoms with Gasteiger partial charge in [0, 0.05) is 17.3 Å². The molecule has 5 rings (SSSR count). The molecule has 1 fully saturated rings. The minimum Gasteiger partial charge on any atom is -0.469 e. The molecule has 0 amide bonds. The van der Waals surface area contributed by atoms with E-state index in [1.807, 2.05) is 24.6 Å². The van der Waals surface area contributed by atoms with Crippen LogP contribution >= 0.6 is 23.1 Å². The molecule has 5 heterocycles. The van der Waals surface area contributed by atoms with E-state index in [-0.39, 0.29) is 0 Å². The molecule has 0 bridgehead atoms. The van der Waals surface area contributed by atoms with Crippen LogP contribution in [-0.4, -0.2) is 42.7 Å². The Labute approximate surface area is 189 Å². The zero-order valence-corrected chi connectivity index (χ0v) is 19.9. The second-order valence-electron chi connectivity index (χ2n) is 8.10. The lowest BCUT2D eigenvalue weighted by molar-refractivity contribution is 0.216. The van der Waals surface area contributed by atoms with E-state index in [1.54, 1.807) is 29.4 Å². The molecule has 0 N–H and O–H groups in total. The summed E-state index contributed by atoms with van der Waals surface area (Å²) >= 11 is 3.32. The van der Waals surface area contributed by atoms with Crippen LogP contribution in [0.2, 0.25) is 0 Å². The molecule has 4 aromatic heterocycles. The number of thiophene rings is 1. The Morgan fingerprint density at radius 3 is 2.65 bits per heavy atom. The van der Waals surface area contributed by atoms with Crippen LogP contribution in [0, 0.1) is 20.8 Å². The van der Waals surface area contributed by atoms with Crippen molar-refractivity contribution in [1.82, 2.24) is 29.6 Å². The summed E-state index contributed by atoms with van der Waals surface area (Å²) < 4.78 is 7.46. The first-order chi connectivity index (χ1) is 15.0. The fraction of sp³-hybridized carbons (Fsp3) is 0.455. The number of nitrogens with zero attached hydrogens (tertiary/aromatic N) is 6. The first-order valence-electron chi connectivity index (χ1n) is 10.6. The third-order valence-electron chi connectivity index (χ3n) is 5.98. The number of hydrogen-bond acceptors (Lipinski definition) is 8. The van der Waals surface area contributed by atoms with E-state index >= 15 is 0 Å². The van der Waals surface area contributed by atoms with Gasteiger partial charge in [-0.1, -0.05) is 6.42 Å². The molecule has 0 radical (unpaired) electrons. The number of piperidine rings is 1. The van der Waals surface area contributed by atoms with Gasteiger partial charge < -0.3 is 8.98 Å². The molecule has 31 heavy (non-hydrogen) atoms. The Balaban J connectivity index is 1.52. The lowest BCUT2D eigenvalue weighted by atomic mass is 10.1. The topological polar surface area (TPSA) is 72.9 Å². The van der Waals surface area contributed by atoms with Gasteiger partial charge in [-0.2, -0.15) is 0 Å². The molecule has 9 heteroatoms. The van der Waals surface area contributed by atoms with Gasteiger partial charge in [0.2, 0.25) is 0 Å². The third kappa shape index (κ3) is 3.90. The predicted octanol–water partition coefficient (Wildman–Crippen LogP) is 5.14. The second-order valence-corrected chi connectivity index (χ2v) is 10.3. The zero-order valence-electron chi connectivity index (χ0n) is 18.3. The van der Waals surface area contributed by atoms with Crippen molar-refractivity contribution in [3.05, 3.63) is 34.4 Å². The van der Waals surface area contributed by atoms with Gasteiger partial charge in [-0.05, 0) is 70.1 Å². The van der Waals surface area contributed by atoms with Crippen LogP contribution in [0.5, 0.6) is 0 Å². The molecular formula is C22H26N6OS2. The van der Waals surface area contributed by atoms with Gasteiger partial charge in [-0.3, -0.25) is 4.90 Å². The predicted molar refractivity (Wildman–Crippen MR) is 124 cm³/mol. The lowest BCUT2D eigenvalue weighted by Crippen LogP contribution is -2.29. The van der Waals surface area contributed by atoms with Crippen molar-refractivity contribution >= 4 is 33.3 Å². The van der Waals surface area contributed by atoms with Crippen molar-refractivity contribution < 1.29 is 4.42 Å². The quantitative estimate of drug-likeness (QED) is 0.387. The average molecular weight is 455 g/mol. The molecule has 0 aliphatic carbocycles. The van der Waals surface area contributed by atoms with Gasteiger partial charge in [0.25, 0.3) is 0 Å². The smallest absolute Gasteiger partial charge is 0.197 e. The molecule has 162 valence electrons. The highest BCUT2D eigenvalue weighted by Crippen LogP contribution is 2.38. The maximum absolute atomic E-state index is 5.45. The Kier molecular flexibility index (Phi) is 5.58. The Hall–Kier alpha value is -2.23. The molecule has 1 saturated heterocycles. The van der Waals surface area contributed by atoms with E-state index in [0.717, 1.165) is 63.0 Å². The fourth-order valence-electron chi connectivity index (χ4n) is 4.06. The van der Waals surface area contributed by atoms with Gasteiger partial charge in [-0.15, -0.1) is 21.5 Å². The molecule has 0 saturated carbocycles. The van der Waals surface area contributed by atoms with Crippen molar-refractivity contribution in [1.29, 1.82) is 0 Å². The summed E-state index contributed by atoms with van der Waals surface area (Å²) in [5.74, 6) is 2.53. The Morgan fingerprint density at radius 1 is 1.10 bits per heavy atom. The summed E-state index contributed by atoms with van der Waals surface area (Å²) in [7, 11) is 1.99. The van der Waals surface area contributed by atoms with Gasteiger partial charge in [0.05, 0.1) is 18.4 Å². The Morgan fingerprint density at radius 2 is 1.90 bits per heavy atom. The molecule has 7 nitrogen and oxygen atoms in total. The molecule has 0 aromatic carbocycles. The number of fused-ring (bicyclic) bond motifs is 1. The first kappa shape index (κ1) is 20.7. The summed E-state index contributed by atoms with van der Waals surface area (Å²) in [4.78, 5) is 14.8. The molecule has 4 aromatic rings. The summed E-state index contributed by atoms with van der Waals surface area (Å²) in [5.41, 5.74) is 2.21. The fourth-order valence-corrected chi connectivity index (χ4v) is 6.15. The summed E-state index contributed by atoms with van der Waals surface area (Å²) in [5, 5.41) is 11.8. The zero-order chi connectivity index (χ0) is 21.5. The maximum atomic E-state index is 5.45. The Bertz CT molecular complexity index is 1230. The van der Waals surface area contributed by atoms with Crippen LogP contribution in [0.4, 0.5) is 0 Å². The van der Waals surface area contributed by atoms with Crippen LogP contribution in [0.1, 0.15) is 41.3 Å². The molecular weight excluding hydrogens is 428 g/mol. The molecule has 1 aliphatic heterocycles. The standard InChI is InChI=1S/C22H26N6OS2/c1-13-15(3)30-20-18(13)21(24-17(23-20)12-28-9-6-5-7-10-28)31-22-26-25-19(27(22)4)16-8-11-29-14(16)2/h8,11H,5-7,9-10,12H2,1-4H3. The molecule has 1 aliphatic rings. The molecule has 0 unspecified atom stereocenters. The largest absolute Gasteiger partial charge is 0.469 e. The highest BCUT2D eigenvalue weighted by Gasteiger charge is 2.21. The molecule has 0 atom stereocenters. The summed E-state index contributed by atoms with van der Waals surface area (Å²) in [6.07, 6.45) is 5.53. The van der Waals surface area contributed by atoms with Crippen molar-refractivity contribution in [3.63, 3.8) is 0 Å². The monoisotopic (exact) mass is 454 g/mol. The SMILES string of the molecule is Cc1occc1-c1nnc(Sc2nc(CN3CCCCC3)nc3sc(C)c(C)c23)n1C. The van der Waals surface area contributed by atoms with E-state index in [0.29, 0.717) is 0 Å². The minimum absolute atomic E-state index is 0.797. The highest BCUT2D eigenvalue weighted by molar-refractivity contribution is 7.99. The molecule has 0 spiro atoms. The number of rotatable bonds is 5. The minimum atomic E-state index is 0.797. The number of aryl methyl sites for hydroxylation is 3. The van der Waals surface area contributed by atoms with Crippen LogP contribution in [-0.2, 0) is 13.6 Å². The van der Waals surface area contributed by atoms with E-state index < -0.39 is 0 Å². The normalized spacial score (nSPS) is 15.2. The van der Waals surface area contributed by atoms with Crippen LogP contribution in [0.3, 0.4) is 0 Å². The number of likely N-dealkylation sites (tertiary alicyclic amines) is 1. The van der Waals surface area contributed by atoms with Gasteiger partial charge >= 0.3 is 0 Å². The van der Waals surface area contributed by atoms with E-state index in [4.69, 9.17) is 14.4 Å². The summed E-state index contributed by atoms with van der Waals surface area (Å²) in [6, 6.07) is 1.93. The van der Waals surface area contributed by atoms with Gasteiger partial charge in [0.15, 0.2) is 11.0 Å². The maximum Gasteiger partial charge on any atom is 0.197 e. The van der Waals surface area contributed by atoms with E-state index in [2.05, 4.69) is 28.9 Å². The summed E-state index contributed by atoms with van der Waals surface area (Å²) in [6.45, 7) is 9.31. The second kappa shape index (κ2) is 8.37. The van der Waals surface area contributed by atoms with Crippen molar-refractivity contribution in [3.8, 4) is 11.4 Å². The van der Waals surface area contributed by atoms with Gasteiger partial charge in [-0.25, -0.2) is 9.97 Å². The van der Waals surface area contributed by atoms with Crippen molar-refractivity contribution in [2.75, 3.05) is 13.1 Å². The highest BCUT2D eigenvalue weighted by atomic mass is 32.2. The van der Waals surface area contributed by atoms with Crippen LogP contribution in [0.15, 0.2) is 26.9 Å². The van der Waals surface area contributed by atoms with E-state index in [9.17, 15) is 0 Å². The van der Waals surface area contributed by atoms with Crippen LogP contribution in [0.25, 0.3) is 21.6 Å².